The van der Waals surface area contributed by atoms with E-state index < -0.39 is 0 Å². The predicted molar refractivity (Wildman–Crippen MR) is 68.3 cm³/mol. The molecule has 0 unspecified atom stereocenters. The molecule has 0 heterocycles. The molecule has 2 aromatic carbocycles. The first kappa shape index (κ1) is 10.3. The highest BCUT2D eigenvalue weighted by Crippen LogP contribution is 2.15. The molecule has 0 aliphatic heterocycles. The van der Waals surface area contributed by atoms with Gasteiger partial charge in [-0.3, -0.25) is 4.79 Å². The van der Waals surface area contributed by atoms with Crippen LogP contribution in [0.25, 0.3) is 0 Å². The second-order valence-corrected chi connectivity index (χ2v) is 4.61. The highest BCUT2D eigenvalue weighted by Gasteiger charge is 2.08. The van der Waals surface area contributed by atoms with E-state index in [-0.39, 0.29) is 5.78 Å². The van der Waals surface area contributed by atoms with Gasteiger partial charge in [0.1, 0.15) is 0 Å². The van der Waals surface area contributed by atoms with E-state index in [0.29, 0.717) is 6.42 Å². The van der Waals surface area contributed by atoms with Gasteiger partial charge in [0, 0.05) is 12.0 Å². The molecule has 0 atom stereocenters. The summed E-state index contributed by atoms with van der Waals surface area (Å²) in [4.78, 5) is 12.0. The zero-order chi connectivity index (χ0) is 11.7. The third-order valence-electron chi connectivity index (χ3n) is 3.37. The van der Waals surface area contributed by atoms with Gasteiger partial charge in [-0.1, -0.05) is 48.5 Å². The maximum Gasteiger partial charge on any atom is 0.167 e. The van der Waals surface area contributed by atoms with Gasteiger partial charge < -0.3 is 0 Å². The summed E-state index contributed by atoms with van der Waals surface area (Å²) < 4.78 is 0. The van der Waals surface area contributed by atoms with Crippen LogP contribution in [0.3, 0.4) is 0 Å². The van der Waals surface area contributed by atoms with Crippen molar-refractivity contribution < 1.29 is 4.79 Å². The molecule has 17 heavy (non-hydrogen) atoms. The smallest absolute Gasteiger partial charge is 0.167 e. The largest absolute Gasteiger partial charge is 0.294 e. The van der Waals surface area contributed by atoms with E-state index >= 15 is 0 Å². The number of aryl methyl sites for hydroxylation is 2. The lowest BCUT2D eigenvalue weighted by atomic mass is 9.96. The molecule has 0 amide bonds. The number of carbonyl (C=O) groups is 1. The van der Waals surface area contributed by atoms with Crippen LogP contribution < -0.4 is 0 Å². The predicted octanol–water partition coefficient (Wildman–Crippen LogP) is 3.21. The number of carbonyl (C=O) groups excluding carboxylic acids is 1. The van der Waals surface area contributed by atoms with Crippen molar-refractivity contribution >= 4 is 5.78 Å². The number of hydrogen-bond donors (Lipinski definition) is 0. The van der Waals surface area contributed by atoms with E-state index in [1.807, 2.05) is 12.1 Å². The highest BCUT2D eigenvalue weighted by atomic mass is 16.1. The first-order valence-corrected chi connectivity index (χ1v) is 6.01. The van der Waals surface area contributed by atoms with E-state index in [2.05, 4.69) is 36.4 Å². The number of rotatable bonds is 0. The van der Waals surface area contributed by atoms with Crippen LogP contribution in [-0.4, -0.2) is 5.78 Å². The van der Waals surface area contributed by atoms with Crippen LogP contribution in [0.5, 0.6) is 0 Å². The van der Waals surface area contributed by atoms with Gasteiger partial charge in [-0.15, -0.1) is 0 Å². The van der Waals surface area contributed by atoms with Gasteiger partial charge >= 0.3 is 0 Å². The van der Waals surface area contributed by atoms with Gasteiger partial charge in [-0.05, 0) is 29.5 Å². The highest BCUT2D eigenvalue weighted by molar-refractivity contribution is 5.97. The Morgan fingerprint density at radius 2 is 1.12 bits per heavy atom. The molecule has 0 saturated carbocycles. The van der Waals surface area contributed by atoms with E-state index in [4.69, 9.17) is 0 Å². The van der Waals surface area contributed by atoms with Crippen LogP contribution in [-0.2, 0) is 19.3 Å². The Balaban J connectivity index is 2.05. The third-order valence-corrected chi connectivity index (χ3v) is 3.37. The molecule has 1 heteroatoms. The van der Waals surface area contributed by atoms with Crippen molar-refractivity contribution in [3.05, 3.63) is 70.8 Å². The van der Waals surface area contributed by atoms with Gasteiger partial charge in [-0.25, -0.2) is 0 Å². The number of ketones is 1. The molecule has 1 nitrogen and oxygen atoms in total. The molecule has 4 aliphatic rings. The van der Waals surface area contributed by atoms with Crippen LogP contribution in [0.1, 0.15) is 27.0 Å². The number of hydrogen-bond acceptors (Lipinski definition) is 1. The Morgan fingerprint density at radius 3 is 1.71 bits per heavy atom. The van der Waals surface area contributed by atoms with E-state index in [0.717, 1.165) is 24.0 Å². The van der Waals surface area contributed by atoms with Gasteiger partial charge in [0.25, 0.3) is 0 Å². The van der Waals surface area contributed by atoms with Crippen molar-refractivity contribution in [2.45, 2.75) is 19.3 Å². The van der Waals surface area contributed by atoms with E-state index in [1.54, 1.807) is 0 Å². The van der Waals surface area contributed by atoms with Crippen molar-refractivity contribution in [3.63, 3.8) is 0 Å². The summed E-state index contributed by atoms with van der Waals surface area (Å²) in [6.45, 7) is 0. The zero-order valence-corrected chi connectivity index (χ0v) is 9.65. The molecule has 0 aromatic heterocycles. The quantitative estimate of drug-likeness (QED) is 0.669. The van der Waals surface area contributed by atoms with Gasteiger partial charge in [0.2, 0.25) is 0 Å². The van der Waals surface area contributed by atoms with Crippen molar-refractivity contribution in [3.8, 4) is 0 Å². The molecular weight excluding hydrogens is 208 g/mol. The average Bonchev–Trinajstić information content (AvgIpc) is 2.36. The lowest BCUT2D eigenvalue weighted by Crippen LogP contribution is -2.05. The zero-order valence-electron chi connectivity index (χ0n) is 9.65. The fourth-order valence-corrected chi connectivity index (χ4v) is 2.26. The molecule has 4 aliphatic carbocycles. The van der Waals surface area contributed by atoms with Crippen LogP contribution in [0, 0.1) is 0 Å². The monoisotopic (exact) mass is 222 g/mol. The minimum atomic E-state index is 0.199. The van der Waals surface area contributed by atoms with Crippen molar-refractivity contribution in [1.82, 2.24) is 0 Å². The fraction of sp³-hybridized carbons (Fsp3) is 0.188. The van der Waals surface area contributed by atoms with Crippen LogP contribution in [0.4, 0.5) is 0 Å². The molecule has 0 radical (unpaired) electrons. The maximum absolute atomic E-state index is 12.0. The molecule has 0 fully saturated rings. The molecule has 84 valence electrons. The summed E-state index contributed by atoms with van der Waals surface area (Å²) in [5.74, 6) is 0.199. The van der Waals surface area contributed by atoms with Gasteiger partial charge in [0.05, 0.1) is 0 Å². The summed E-state index contributed by atoms with van der Waals surface area (Å²) in [5.41, 5.74) is 4.55. The van der Waals surface area contributed by atoms with Crippen molar-refractivity contribution in [2.75, 3.05) is 0 Å². The lowest BCUT2D eigenvalue weighted by molar-refractivity contribution is 0.0993. The fourth-order valence-electron chi connectivity index (χ4n) is 2.26. The Bertz CT molecular complexity index is 535. The Hall–Kier alpha value is -1.89. The Morgan fingerprint density at radius 1 is 0.647 bits per heavy atom. The summed E-state index contributed by atoms with van der Waals surface area (Å²) in [7, 11) is 0. The molecule has 0 spiro atoms. The Kier molecular flexibility index (Phi) is 2.52. The minimum Gasteiger partial charge on any atom is -0.294 e. The topological polar surface area (TPSA) is 17.1 Å². The number of benzene rings is 2. The SMILES string of the molecule is O=C1Cc2ccc(cc2)CCc2ccc1cc2. The number of Topliss-reactive ketones (excluding diaryl/α,β-unsaturated/α-hetero) is 1. The van der Waals surface area contributed by atoms with E-state index in [1.165, 1.54) is 11.1 Å². The maximum atomic E-state index is 12.0. The second-order valence-electron chi connectivity index (χ2n) is 4.61. The van der Waals surface area contributed by atoms with Crippen molar-refractivity contribution in [2.24, 2.45) is 0 Å². The van der Waals surface area contributed by atoms with Gasteiger partial charge in [0.15, 0.2) is 5.78 Å². The van der Waals surface area contributed by atoms with Crippen LogP contribution in [0.15, 0.2) is 48.5 Å². The van der Waals surface area contributed by atoms with E-state index in [9.17, 15) is 4.79 Å². The second kappa shape index (κ2) is 4.17. The summed E-state index contributed by atoms with van der Waals surface area (Å²) in [6, 6.07) is 16.5. The molecule has 2 aromatic rings. The molecular formula is C16H14O. The van der Waals surface area contributed by atoms with Crippen molar-refractivity contribution in [1.29, 1.82) is 0 Å². The molecule has 6 rings (SSSR count). The molecule has 0 N–H and O–H groups in total. The van der Waals surface area contributed by atoms with Gasteiger partial charge in [-0.2, -0.15) is 0 Å². The van der Waals surface area contributed by atoms with Crippen LogP contribution >= 0.6 is 0 Å². The average molecular weight is 222 g/mol. The third kappa shape index (κ3) is 2.14. The standard InChI is InChI=1S/C16H14O/c17-16-11-14-5-3-12(4-6-14)1-2-13-7-9-15(16)10-8-13/h3-10H,1-2,11H2. The lowest BCUT2D eigenvalue weighted by Gasteiger charge is -2.08. The Labute approximate surface area is 101 Å². The summed E-state index contributed by atoms with van der Waals surface area (Å²) in [5, 5.41) is 0. The first-order chi connectivity index (χ1) is 8.31. The molecule has 4 bridgehead atoms. The summed E-state index contributed by atoms with van der Waals surface area (Å²) in [6.07, 6.45) is 2.60. The minimum absolute atomic E-state index is 0.199. The van der Waals surface area contributed by atoms with Crippen LogP contribution in [0.2, 0.25) is 0 Å². The first-order valence-electron chi connectivity index (χ1n) is 6.01. The summed E-state index contributed by atoms with van der Waals surface area (Å²) >= 11 is 0. The molecule has 0 saturated heterocycles. The normalized spacial score (nSPS) is 14.5.